The highest BCUT2D eigenvalue weighted by Gasteiger charge is 2.15. The number of aldehydes is 1. The average molecular weight is 274 g/mol. The molecule has 0 aliphatic heterocycles. The molecule has 108 valence electrons. The van der Waals surface area contributed by atoms with E-state index >= 15 is 0 Å². The number of carbonyl (C=O) groups excluding carboxylic acids is 1. The molecule has 0 aliphatic rings. The van der Waals surface area contributed by atoms with Gasteiger partial charge in [0.2, 0.25) is 0 Å². The summed E-state index contributed by atoms with van der Waals surface area (Å²) in [4.78, 5) is 11.3. The molecule has 2 aromatic rings. The first-order valence-corrected chi connectivity index (χ1v) is 7.18. The van der Waals surface area contributed by atoms with E-state index in [0.29, 0.717) is 12.6 Å². The largest absolute Gasteiger partial charge is 0.298 e. The molecule has 0 radical (unpaired) electrons. The number of hydrogen-bond acceptors (Lipinski definition) is 3. The molecule has 0 fully saturated rings. The molecular weight excluding hydrogens is 252 g/mol. The summed E-state index contributed by atoms with van der Waals surface area (Å²) in [5.41, 5.74) is 3.59. The molecule has 5 nitrogen and oxygen atoms in total. The van der Waals surface area contributed by atoms with Crippen LogP contribution in [0.25, 0.3) is 0 Å². The summed E-state index contributed by atoms with van der Waals surface area (Å²) in [5, 5.41) is 9.09. The van der Waals surface area contributed by atoms with E-state index in [-0.39, 0.29) is 0 Å². The third-order valence-electron chi connectivity index (χ3n) is 3.47. The maximum absolute atomic E-state index is 11.3. The molecular formula is C15H22N4O. The SMILES string of the molecule is CCc1nn(Cc2ccn(C(C)C)n2)c(CC)c1C=O. The molecule has 2 rings (SSSR count). The Bertz CT molecular complexity index is 595. The van der Waals surface area contributed by atoms with Crippen LogP contribution in [0.15, 0.2) is 12.3 Å². The van der Waals surface area contributed by atoms with Gasteiger partial charge >= 0.3 is 0 Å². The molecule has 0 bridgehead atoms. The molecule has 20 heavy (non-hydrogen) atoms. The first-order valence-electron chi connectivity index (χ1n) is 7.18. The highest BCUT2D eigenvalue weighted by Crippen LogP contribution is 2.16. The zero-order chi connectivity index (χ0) is 14.7. The van der Waals surface area contributed by atoms with Crippen LogP contribution in [-0.4, -0.2) is 25.8 Å². The van der Waals surface area contributed by atoms with E-state index in [0.717, 1.165) is 41.8 Å². The van der Waals surface area contributed by atoms with Crippen LogP contribution >= 0.6 is 0 Å². The third kappa shape index (κ3) is 2.66. The summed E-state index contributed by atoms with van der Waals surface area (Å²) < 4.78 is 3.85. The Hall–Kier alpha value is -1.91. The average Bonchev–Trinajstić information content (AvgIpc) is 3.02. The van der Waals surface area contributed by atoms with Crippen molar-refractivity contribution in [1.82, 2.24) is 19.6 Å². The number of aryl methyl sites for hydroxylation is 1. The van der Waals surface area contributed by atoms with E-state index in [1.165, 1.54) is 0 Å². The van der Waals surface area contributed by atoms with Crippen LogP contribution in [0.1, 0.15) is 61.2 Å². The quantitative estimate of drug-likeness (QED) is 0.761. The molecule has 0 atom stereocenters. The fraction of sp³-hybridized carbons (Fsp3) is 0.533. The lowest BCUT2D eigenvalue weighted by Crippen LogP contribution is -2.08. The van der Waals surface area contributed by atoms with Gasteiger partial charge in [-0.25, -0.2) is 0 Å². The van der Waals surface area contributed by atoms with Crippen LogP contribution in [0.2, 0.25) is 0 Å². The molecule has 0 unspecified atom stereocenters. The van der Waals surface area contributed by atoms with Crippen LogP contribution < -0.4 is 0 Å². The summed E-state index contributed by atoms with van der Waals surface area (Å²) >= 11 is 0. The van der Waals surface area contributed by atoms with Gasteiger partial charge in [-0.1, -0.05) is 13.8 Å². The van der Waals surface area contributed by atoms with Gasteiger partial charge in [0.1, 0.15) is 0 Å². The number of rotatable bonds is 6. The van der Waals surface area contributed by atoms with Crippen LogP contribution in [0.4, 0.5) is 0 Å². The zero-order valence-corrected chi connectivity index (χ0v) is 12.6. The van der Waals surface area contributed by atoms with Crippen LogP contribution in [0.5, 0.6) is 0 Å². The molecule has 2 heterocycles. The lowest BCUT2D eigenvalue weighted by atomic mass is 10.1. The smallest absolute Gasteiger partial charge is 0.153 e. The van der Waals surface area contributed by atoms with Crippen molar-refractivity contribution in [3.05, 3.63) is 34.9 Å². The highest BCUT2D eigenvalue weighted by molar-refractivity contribution is 5.78. The van der Waals surface area contributed by atoms with Crippen molar-refractivity contribution in [2.24, 2.45) is 0 Å². The lowest BCUT2D eigenvalue weighted by Gasteiger charge is -2.06. The van der Waals surface area contributed by atoms with Crippen molar-refractivity contribution >= 4 is 6.29 Å². The van der Waals surface area contributed by atoms with Crippen molar-refractivity contribution in [2.75, 3.05) is 0 Å². The number of nitrogens with zero attached hydrogens (tertiary/aromatic N) is 4. The monoisotopic (exact) mass is 274 g/mol. The maximum Gasteiger partial charge on any atom is 0.153 e. The summed E-state index contributed by atoms with van der Waals surface area (Å²) in [7, 11) is 0. The van der Waals surface area contributed by atoms with E-state index < -0.39 is 0 Å². The third-order valence-corrected chi connectivity index (χ3v) is 3.47. The van der Waals surface area contributed by atoms with E-state index in [4.69, 9.17) is 0 Å². The van der Waals surface area contributed by atoms with E-state index in [1.807, 2.05) is 35.5 Å². The molecule has 0 amide bonds. The van der Waals surface area contributed by atoms with Crippen molar-refractivity contribution in [2.45, 2.75) is 53.1 Å². The number of hydrogen-bond donors (Lipinski definition) is 0. The second kappa shape index (κ2) is 6.03. The van der Waals surface area contributed by atoms with Gasteiger partial charge < -0.3 is 0 Å². The molecule has 0 spiro atoms. The van der Waals surface area contributed by atoms with Crippen molar-refractivity contribution in [1.29, 1.82) is 0 Å². The Balaban J connectivity index is 2.32. The van der Waals surface area contributed by atoms with Gasteiger partial charge in [0, 0.05) is 17.9 Å². The Kier molecular flexibility index (Phi) is 4.37. The van der Waals surface area contributed by atoms with Crippen molar-refractivity contribution in [3.8, 4) is 0 Å². The molecule has 0 saturated carbocycles. The molecule has 0 aliphatic carbocycles. The first-order chi connectivity index (χ1) is 9.60. The Morgan fingerprint density at radius 2 is 2.00 bits per heavy atom. The van der Waals surface area contributed by atoms with E-state index in [2.05, 4.69) is 24.0 Å². The number of aromatic nitrogens is 4. The summed E-state index contributed by atoms with van der Waals surface area (Å²) in [5.74, 6) is 0. The highest BCUT2D eigenvalue weighted by atomic mass is 16.1. The van der Waals surface area contributed by atoms with Gasteiger partial charge in [-0.3, -0.25) is 14.2 Å². The van der Waals surface area contributed by atoms with Crippen molar-refractivity contribution < 1.29 is 4.79 Å². The molecule has 0 saturated heterocycles. The van der Waals surface area contributed by atoms with Gasteiger partial charge in [-0.05, 0) is 32.8 Å². The normalized spacial score (nSPS) is 11.2. The minimum absolute atomic E-state index is 0.351. The predicted octanol–water partition coefficient (Wildman–Crippen LogP) is 2.65. The predicted molar refractivity (Wildman–Crippen MR) is 78.1 cm³/mol. The van der Waals surface area contributed by atoms with Crippen LogP contribution in [-0.2, 0) is 19.4 Å². The number of carbonyl (C=O) groups is 1. The molecule has 0 aromatic carbocycles. The molecule has 2 aromatic heterocycles. The van der Waals surface area contributed by atoms with E-state index in [9.17, 15) is 4.79 Å². The first kappa shape index (κ1) is 14.5. The standard InChI is InChI=1S/C15H22N4O/c1-5-14-13(10-20)15(6-2)19(17-14)9-12-7-8-18(16-12)11(3)4/h7-8,10-11H,5-6,9H2,1-4H3. The minimum atomic E-state index is 0.351. The Morgan fingerprint density at radius 3 is 2.50 bits per heavy atom. The minimum Gasteiger partial charge on any atom is -0.298 e. The van der Waals surface area contributed by atoms with Gasteiger partial charge in [0.15, 0.2) is 6.29 Å². The van der Waals surface area contributed by atoms with E-state index in [1.54, 1.807) is 0 Å². The maximum atomic E-state index is 11.3. The van der Waals surface area contributed by atoms with Crippen molar-refractivity contribution in [3.63, 3.8) is 0 Å². The van der Waals surface area contributed by atoms with Gasteiger partial charge in [-0.15, -0.1) is 0 Å². The fourth-order valence-electron chi connectivity index (χ4n) is 2.37. The van der Waals surface area contributed by atoms with Gasteiger partial charge in [0.25, 0.3) is 0 Å². The van der Waals surface area contributed by atoms with Gasteiger partial charge in [-0.2, -0.15) is 10.2 Å². The lowest BCUT2D eigenvalue weighted by molar-refractivity contribution is 0.112. The van der Waals surface area contributed by atoms with Gasteiger partial charge in [0.05, 0.1) is 23.5 Å². The van der Waals surface area contributed by atoms with Crippen LogP contribution in [0.3, 0.4) is 0 Å². The topological polar surface area (TPSA) is 52.7 Å². The molecule has 0 N–H and O–H groups in total. The summed E-state index contributed by atoms with van der Waals surface area (Å²) in [6, 6.07) is 2.36. The second-order valence-electron chi connectivity index (χ2n) is 5.17. The zero-order valence-electron chi connectivity index (χ0n) is 12.6. The second-order valence-corrected chi connectivity index (χ2v) is 5.17. The Labute approximate surface area is 119 Å². The summed E-state index contributed by atoms with van der Waals surface area (Å²) in [6.07, 6.45) is 4.48. The summed E-state index contributed by atoms with van der Waals surface area (Å²) in [6.45, 7) is 8.88. The van der Waals surface area contributed by atoms with Crippen LogP contribution in [0, 0.1) is 0 Å². The fourth-order valence-corrected chi connectivity index (χ4v) is 2.37. The molecule has 5 heteroatoms. The Morgan fingerprint density at radius 1 is 1.25 bits per heavy atom.